The summed E-state index contributed by atoms with van der Waals surface area (Å²) in [5.41, 5.74) is 2.76. The molecule has 6 nitrogen and oxygen atoms in total. The highest BCUT2D eigenvalue weighted by Crippen LogP contribution is 2.26. The molecule has 0 saturated heterocycles. The summed E-state index contributed by atoms with van der Waals surface area (Å²) in [7, 11) is 0. The van der Waals surface area contributed by atoms with E-state index in [0.29, 0.717) is 0 Å². The molecule has 1 aromatic heterocycles. The fourth-order valence-corrected chi connectivity index (χ4v) is 2.69. The Kier molecular flexibility index (Phi) is 3.45. The molecular weight excluding hydrogens is 254 g/mol. The molecule has 20 heavy (non-hydrogen) atoms. The van der Waals surface area contributed by atoms with Gasteiger partial charge in [-0.3, -0.25) is 4.79 Å². The summed E-state index contributed by atoms with van der Waals surface area (Å²) in [5, 5.41) is 14.1. The molecule has 1 aromatic carbocycles. The van der Waals surface area contributed by atoms with Crippen molar-refractivity contribution in [3.05, 3.63) is 30.1 Å². The number of amides is 1. The highest BCUT2D eigenvalue weighted by Gasteiger charge is 2.22. The lowest BCUT2D eigenvalue weighted by Crippen LogP contribution is -2.20. The molecule has 0 radical (unpaired) electrons. The van der Waals surface area contributed by atoms with Gasteiger partial charge in [-0.2, -0.15) is 0 Å². The summed E-state index contributed by atoms with van der Waals surface area (Å²) in [6, 6.07) is 5.75. The van der Waals surface area contributed by atoms with Crippen LogP contribution in [0.3, 0.4) is 0 Å². The zero-order chi connectivity index (χ0) is 13.9. The number of nitrogens with one attached hydrogen (secondary N) is 1. The lowest BCUT2D eigenvalue weighted by Gasteiger charge is -2.12. The second-order valence-electron chi connectivity index (χ2n) is 5.23. The maximum Gasteiger partial charge on any atom is 0.227 e. The van der Waals surface area contributed by atoms with E-state index >= 15 is 0 Å². The van der Waals surface area contributed by atoms with Crippen LogP contribution in [0.5, 0.6) is 0 Å². The van der Waals surface area contributed by atoms with Gasteiger partial charge in [0.05, 0.1) is 5.69 Å². The molecule has 0 aliphatic heterocycles. The van der Waals surface area contributed by atoms with Gasteiger partial charge in [-0.25, -0.2) is 4.68 Å². The molecule has 0 unspecified atom stereocenters. The van der Waals surface area contributed by atoms with Gasteiger partial charge in [0.2, 0.25) is 5.91 Å². The van der Waals surface area contributed by atoms with E-state index in [-0.39, 0.29) is 11.8 Å². The number of aryl methyl sites for hydroxylation is 1. The summed E-state index contributed by atoms with van der Waals surface area (Å²) in [4.78, 5) is 12.1. The fraction of sp³-hybridized carbons (Fsp3) is 0.429. The van der Waals surface area contributed by atoms with E-state index in [4.69, 9.17) is 0 Å². The maximum absolute atomic E-state index is 12.1. The molecule has 0 atom stereocenters. The zero-order valence-electron chi connectivity index (χ0n) is 11.4. The van der Waals surface area contributed by atoms with E-state index in [1.54, 1.807) is 11.0 Å². The SMILES string of the molecule is Cc1cc(NC(=O)C2CCCC2)ccc1-n1cnnn1. The topological polar surface area (TPSA) is 72.7 Å². The number of benzene rings is 1. The van der Waals surface area contributed by atoms with E-state index in [9.17, 15) is 4.79 Å². The predicted molar refractivity (Wildman–Crippen MR) is 74.5 cm³/mol. The minimum atomic E-state index is 0.136. The number of hydrogen-bond acceptors (Lipinski definition) is 4. The van der Waals surface area contributed by atoms with Crippen molar-refractivity contribution >= 4 is 11.6 Å². The monoisotopic (exact) mass is 271 g/mol. The molecule has 6 heteroatoms. The molecule has 1 amide bonds. The van der Waals surface area contributed by atoms with Crippen LogP contribution in [-0.2, 0) is 4.79 Å². The van der Waals surface area contributed by atoms with E-state index in [1.165, 1.54) is 0 Å². The lowest BCUT2D eigenvalue weighted by atomic mass is 10.1. The summed E-state index contributed by atoms with van der Waals surface area (Å²) < 4.78 is 1.61. The van der Waals surface area contributed by atoms with Gasteiger partial charge in [-0.1, -0.05) is 12.8 Å². The molecule has 3 rings (SSSR count). The highest BCUT2D eigenvalue weighted by molar-refractivity contribution is 5.92. The van der Waals surface area contributed by atoms with Crippen LogP contribution in [0.2, 0.25) is 0 Å². The molecule has 1 fully saturated rings. The first kappa shape index (κ1) is 12.8. The van der Waals surface area contributed by atoms with Gasteiger partial charge >= 0.3 is 0 Å². The van der Waals surface area contributed by atoms with Gasteiger partial charge in [-0.05, 0) is 54.0 Å². The highest BCUT2D eigenvalue weighted by atomic mass is 16.1. The average Bonchev–Trinajstić information content (AvgIpc) is 3.12. The smallest absolute Gasteiger partial charge is 0.227 e. The minimum absolute atomic E-state index is 0.136. The van der Waals surface area contributed by atoms with Crippen molar-refractivity contribution in [2.45, 2.75) is 32.6 Å². The molecule has 104 valence electrons. The summed E-state index contributed by atoms with van der Waals surface area (Å²) >= 11 is 0. The quantitative estimate of drug-likeness (QED) is 0.927. The van der Waals surface area contributed by atoms with E-state index in [2.05, 4.69) is 20.8 Å². The van der Waals surface area contributed by atoms with Crippen molar-refractivity contribution in [3.8, 4) is 5.69 Å². The van der Waals surface area contributed by atoms with Crippen LogP contribution >= 0.6 is 0 Å². The van der Waals surface area contributed by atoms with Gasteiger partial charge in [0, 0.05) is 11.6 Å². The molecule has 1 heterocycles. The predicted octanol–water partition coefficient (Wildman–Crippen LogP) is 2.10. The van der Waals surface area contributed by atoms with Crippen LogP contribution in [0.15, 0.2) is 24.5 Å². The van der Waals surface area contributed by atoms with Crippen LogP contribution in [0.4, 0.5) is 5.69 Å². The number of nitrogens with zero attached hydrogens (tertiary/aromatic N) is 4. The number of hydrogen-bond donors (Lipinski definition) is 1. The van der Waals surface area contributed by atoms with E-state index < -0.39 is 0 Å². The van der Waals surface area contributed by atoms with Crippen molar-refractivity contribution in [1.29, 1.82) is 0 Å². The fourth-order valence-electron chi connectivity index (χ4n) is 2.69. The number of anilines is 1. The Bertz CT molecular complexity index is 602. The second-order valence-corrected chi connectivity index (χ2v) is 5.23. The van der Waals surface area contributed by atoms with E-state index in [0.717, 1.165) is 42.6 Å². The minimum Gasteiger partial charge on any atom is -0.326 e. The Morgan fingerprint density at radius 3 is 2.80 bits per heavy atom. The van der Waals surface area contributed by atoms with Crippen LogP contribution in [-0.4, -0.2) is 26.1 Å². The maximum atomic E-state index is 12.1. The zero-order valence-corrected chi connectivity index (χ0v) is 11.4. The molecule has 0 bridgehead atoms. The lowest BCUT2D eigenvalue weighted by molar-refractivity contribution is -0.119. The van der Waals surface area contributed by atoms with Crippen molar-refractivity contribution in [1.82, 2.24) is 20.2 Å². The van der Waals surface area contributed by atoms with Crippen molar-refractivity contribution < 1.29 is 4.79 Å². The number of rotatable bonds is 3. The second kappa shape index (κ2) is 5.40. The first-order chi connectivity index (χ1) is 9.74. The summed E-state index contributed by atoms with van der Waals surface area (Å²) in [6.45, 7) is 1.97. The summed E-state index contributed by atoms with van der Waals surface area (Å²) in [5.74, 6) is 0.312. The molecule has 1 aliphatic carbocycles. The van der Waals surface area contributed by atoms with Crippen LogP contribution in [0, 0.1) is 12.8 Å². The molecule has 1 saturated carbocycles. The molecule has 2 aromatic rings. The normalized spacial score (nSPS) is 15.4. The standard InChI is InChI=1S/C14H17N5O/c1-10-8-12(16-14(20)11-4-2-3-5-11)6-7-13(10)19-9-15-17-18-19/h6-9,11H,2-5H2,1H3,(H,16,20). The van der Waals surface area contributed by atoms with Crippen LogP contribution in [0.1, 0.15) is 31.2 Å². The van der Waals surface area contributed by atoms with E-state index in [1.807, 2.05) is 25.1 Å². The molecule has 1 N–H and O–H groups in total. The third-order valence-corrected chi connectivity index (χ3v) is 3.79. The molecular formula is C14H17N5O. The Morgan fingerprint density at radius 1 is 1.35 bits per heavy atom. The largest absolute Gasteiger partial charge is 0.326 e. The number of tetrazole rings is 1. The van der Waals surface area contributed by atoms with Gasteiger partial charge in [-0.15, -0.1) is 5.10 Å². The third-order valence-electron chi connectivity index (χ3n) is 3.79. The Labute approximate surface area is 117 Å². The van der Waals surface area contributed by atoms with Crippen molar-refractivity contribution in [3.63, 3.8) is 0 Å². The van der Waals surface area contributed by atoms with Crippen LogP contribution < -0.4 is 5.32 Å². The molecule has 1 aliphatic rings. The number of aromatic nitrogens is 4. The Balaban J connectivity index is 1.75. The molecule has 0 spiro atoms. The van der Waals surface area contributed by atoms with Crippen molar-refractivity contribution in [2.24, 2.45) is 5.92 Å². The first-order valence-corrected chi connectivity index (χ1v) is 6.89. The van der Waals surface area contributed by atoms with Crippen molar-refractivity contribution in [2.75, 3.05) is 5.32 Å². The first-order valence-electron chi connectivity index (χ1n) is 6.89. The average molecular weight is 271 g/mol. The third kappa shape index (κ3) is 2.54. The summed E-state index contributed by atoms with van der Waals surface area (Å²) in [6.07, 6.45) is 5.89. The number of carbonyl (C=O) groups excluding carboxylic acids is 1. The number of carbonyl (C=O) groups is 1. The van der Waals surface area contributed by atoms with Crippen LogP contribution in [0.25, 0.3) is 5.69 Å². The Hall–Kier alpha value is -2.24. The van der Waals surface area contributed by atoms with Gasteiger partial charge in [0.25, 0.3) is 0 Å². The van der Waals surface area contributed by atoms with Gasteiger partial charge in [0.1, 0.15) is 6.33 Å². The van der Waals surface area contributed by atoms with Gasteiger partial charge in [0.15, 0.2) is 0 Å². The Morgan fingerprint density at radius 2 is 2.15 bits per heavy atom. The van der Waals surface area contributed by atoms with Gasteiger partial charge < -0.3 is 5.32 Å².